The number of rotatable bonds is 7. The van der Waals surface area contributed by atoms with Gasteiger partial charge in [-0.2, -0.15) is 5.10 Å². The van der Waals surface area contributed by atoms with Gasteiger partial charge in [0.15, 0.2) is 5.82 Å². The molecule has 1 saturated carbocycles. The zero-order valence-corrected chi connectivity index (χ0v) is 18.7. The Morgan fingerprint density at radius 2 is 1.94 bits per heavy atom. The van der Waals surface area contributed by atoms with Crippen molar-refractivity contribution in [2.24, 2.45) is 0 Å². The van der Waals surface area contributed by atoms with Gasteiger partial charge in [-0.05, 0) is 63.1 Å². The average Bonchev–Trinajstić information content (AvgIpc) is 3.45. The molecule has 0 atom stereocenters. The number of benzene rings is 2. The smallest absolute Gasteiger partial charge is 0.256 e. The topological polar surface area (TPSA) is 96.7 Å². The lowest BCUT2D eigenvalue weighted by atomic mass is 10.1. The maximum atomic E-state index is 13.0. The number of thioether (sulfide) groups is 1. The normalized spacial score (nSPS) is 13.3. The average molecular weight is 446 g/mol. The van der Waals surface area contributed by atoms with Crippen molar-refractivity contribution in [2.45, 2.75) is 43.3 Å². The quantitative estimate of drug-likeness (QED) is 0.365. The third kappa shape index (κ3) is 4.31. The Balaban J connectivity index is 1.27. The van der Waals surface area contributed by atoms with Crippen LogP contribution in [0.5, 0.6) is 0 Å². The number of aromatic amines is 1. The van der Waals surface area contributed by atoms with Crippen LogP contribution in [0.1, 0.15) is 52.0 Å². The van der Waals surface area contributed by atoms with Crippen LogP contribution >= 0.6 is 11.8 Å². The molecule has 32 heavy (non-hydrogen) atoms. The molecule has 162 valence electrons. The van der Waals surface area contributed by atoms with Gasteiger partial charge >= 0.3 is 0 Å². The first-order valence-corrected chi connectivity index (χ1v) is 11.5. The summed E-state index contributed by atoms with van der Waals surface area (Å²) in [4.78, 5) is 18.5. The van der Waals surface area contributed by atoms with Crippen molar-refractivity contribution >= 4 is 23.4 Å². The van der Waals surface area contributed by atoms with Crippen LogP contribution in [0.25, 0.3) is 11.4 Å². The molecule has 5 rings (SSSR count). The fourth-order valence-electron chi connectivity index (χ4n) is 3.48. The first kappa shape index (κ1) is 20.5. The maximum absolute atomic E-state index is 13.0. The molecule has 0 saturated heterocycles. The van der Waals surface area contributed by atoms with Gasteiger partial charge < -0.3 is 9.84 Å². The predicted molar refractivity (Wildman–Crippen MR) is 124 cm³/mol. The Morgan fingerprint density at radius 1 is 1.16 bits per heavy atom. The van der Waals surface area contributed by atoms with E-state index in [2.05, 4.69) is 25.7 Å². The molecule has 7 nitrogen and oxygen atoms in total. The Bertz CT molecular complexity index is 1240. The number of nitrogens with one attached hydrogen (secondary N) is 2. The molecule has 2 N–H and O–H groups in total. The zero-order chi connectivity index (χ0) is 22.1. The largest absolute Gasteiger partial charge is 0.361 e. The van der Waals surface area contributed by atoms with Gasteiger partial charge in [0.1, 0.15) is 11.6 Å². The molecular formula is C24H23N5O2S. The summed E-state index contributed by atoms with van der Waals surface area (Å²) >= 11 is 1.60. The fourth-order valence-corrected chi connectivity index (χ4v) is 4.68. The molecule has 1 aliphatic carbocycles. The van der Waals surface area contributed by atoms with Crippen molar-refractivity contribution in [2.75, 3.05) is 5.32 Å². The number of aromatic nitrogens is 4. The second-order valence-corrected chi connectivity index (χ2v) is 8.95. The number of H-pyrrole nitrogens is 1. The highest BCUT2D eigenvalue weighted by Gasteiger charge is 2.27. The van der Waals surface area contributed by atoms with E-state index in [0.717, 1.165) is 39.0 Å². The van der Waals surface area contributed by atoms with Gasteiger partial charge in [0.05, 0.1) is 11.3 Å². The monoisotopic (exact) mass is 445 g/mol. The molecule has 0 aliphatic heterocycles. The SMILES string of the molecule is Cc1noc(C)c1CSc1ccccc1C(=O)Nc1ccc(-c2n[nH]c(C3CC3)n2)cc1. The van der Waals surface area contributed by atoms with E-state index in [0.29, 0.717) is 23.1 Å². The van der Waals surface area contributed by atoms with Crippen molar-refractivity contribution < 1.29 is 9.32 Å². The van der Waals surface area contributed by atoms with Crippen LogP contribution in [0.2, 0.25) is 0 Å². The summed E-state index contributed by atoms with van der Waals surface area (Å²) < 4.78 is 5.24. The van der Waals surface area contributed by atoms with Crippen molar-refractivity contribution in [1.29, 1.82) is 0 Å². The van der Waals surface area contributed by atoms with Gasteiger partial charge in [-0.3, -0.25) is 9.89 Å². The number of anilines is 1. The minimum atomic E-state index is -0.145. The van der Waals surface area contributed by atoms with E-state index in [4.69, 9.17) is 4.52 Å². The molecule has 8 heteroatoms. The third-order valence-electron chi connectivity index (χ3n) is 5.55. The van der Waals surface area contributed by atoms with Crippen LogP contribution in [0.3, 0.4) is 0 Å². The van der Waals surface area contributed by atoms with E-state index in [-0.39, 0.29) is 5.91 Å². The molecular weight excluding hydrogens is 422 g/mol. The molecule has 2 heterocycles. The van der Waals surface area contributed by atoms with Crippen LogP contribution in [0, 0.1) is 13.8 Å². The number of hydrogen-bond donors (Lipinski definition) is 2. The first-order chi connectivity index (χ1) is 15.6. The molecule has 1 fully saturated rings. The van der Waals surface area contributed by atoms with Crippen molar-refractivity contribution in [3.05, 3.63) is 76.9 Å². The van der Waals surface area contributed by atoms with Crippen LogP contribution in [-0.2, 0) is 5.75 Å². The standard InChI is InChI=1S/C24H23N5O2S/c1-14-20(15(2)31-29-14)13-32-21-6-4-3-5-19(21)24(30)25-18-11-9-17(10-12-18)23-26-22(27-28-23)16-7-8-16/h3-6,9-12,16H,7-8,13H2,1-2H3,(H,25,30)(H,26,27,28). The lowest BCUT2D eigenvalue weighted by Crippen LogP contribution is -2.13. The van der Waals surface area contributed by atoms with E-state index in [9.17, 15) is 4.79 Å². The molecule has 0 radical (unpaired) electrons. The second kappa shape index (κ2) is 8.63. The lowest BCUT2D eigenvalue weighted by Gasteiger charge is -2.10. The van der Waals surface area contributed by atoms with E-state index >= 15 is 0 Å². The van der Waals surface area contributed by atoms with Gasteiger partial charge in [0, 0.05) is 33.4 Å². The predicted octanol–water partition coefficient (Wildman–Crippen LogP) is 5.50. The van der Waals surface area contributed by atoms with Crippen LogP contribution < -0.4 is 5.32 Å². The Morgan fingerprint density at radius 3 is 2.66 bits per heavy atom. The summed E-state index contributed by atoms with van der Waals surface area (Å²) in [7, 11) is 0. The second-order valence-electron chi connectivity index (χ2n) is 7.94. The Kier molecular flexibility index (Phi) is 5.53. The van der Waals surface area contributed by atoms with E-state index in [1.54, 1.807) is 11.8 Å². The highest BCUT2D eigenvalue weighted by Crippen LogP contribution is 2.38. The number of aryl methyl sites for hydroxylation is 2. The first-order valence-electron chi connectivity index (χ1n) is 10.6. The highest BCUT2D eigenvalue weighted by molar-refractivity contribution is 7.98. The van der Waals surface area contributed by atoms with Crippen LogP contribution in [0.4, 0.5) is 5.69 Å². The van der Waals surface area contributed by atoms with Gasteiger partial charge in [-0.15, -0.1) is 11.8 Å². The number of carbonyl (C=O) groups excluding carboxylic acids is 1. The van der Waals surface area contributed by atoms with Gasteiger partial charge in [0.2, 0.25) is 0 Å². The molecule has 4 aromatic rings. The number of amides is 1. The summed E-state index contributed by atoms with van der Waals surface area (Å²) in [5.74, 6) is 3.54. The van der Waals surface area contributed by atoms with Crippen molar-refractivity contribution in [3.8, 4) is 11.4 Å². The van der Waals surface area contributed by atoms with Crippen LogP contribution in [-0.4, -0.2) is 26.2 Å². The molecule has 0 bridgehead atoms. The third-order valence-corrected chi connectivity index (χ3v) is 6.65. The summed E-state index contributed by atoms with van der Waals surface area (Å²) in [5.41, 5.74) is 4.23. The lowest BCUT2D eigenvalue weighted by molar-refractivity contribution is 0.102. The summed E-state index contributed by atoms with van der Waals surface area (Å²) in [6.45, 7) is 3.84. The summed E-state index contributed by atoms with van der Waals surface area (Å²) in [5, 5.41) is 14.3. The maximum Gasteiger partial charge on any atom is 0.256 e. The number of nitrogens with zero attached hydrogens (tertiary/aromatic N) is 3. The van der Waals surface area contributed by atoms with E-state index in [1.165, 1.54) is 12.8 Å². The van der Waals surface area contributed by atoms with E-state index < -0.39 is 0 Å². The van der Waals surface area contributed by atoms with E-state index in [1.807, 2.05) is 62.4 Å². The molecule has 0 spiro atoms. The van der Waals surface area contributed by atoms with Crippen LogP contribution in [0.15, 0.2) is 57.9 Å². The minimum absolute atomic E-state index is 0.145. The Hall–Kier alpha value is -3.39. The van der Waals surface area contributed by atoms with Gasteiger partial charge in [-0.25, -0.2) is 4.98 Å². The minimum Gasteiger partial charge on any atom is -0.361 e. The number of carbonyl (C=O) groups is 1. The van der Waals surface area contributed by atoms with Gasteiger partial charge in [-0.1, -0.05) is 17.3 Å². The highest BCUT2D eigenvalue weighted by atomic mass is 32.2. The molecule has 2 aromatic carbocycles. The van der Waals surface area contributed by atoms with Crippen molar-refractivity contribution in [3.63, 3.8) is 0 Å². The zero-order valence-electron chi connectivity index (χ0n) is 17.9. The molecule has 2 aromatic heterocycles. The molecule has 1 aliphatic rings. The molecule has 0 unspecified atom stereocenters. The van der Waals surface area contributed by atoms with Gasteiger partial charge in [0.25, 0.3) is 5.91 Å². The fraction of sp³-hybridized carbons (Fsp3) is 0.250. The Labute approximate surface area is 190 Å². The van der Waals surface area contributed by atoms with Crippen molar-refractivity contribution in [1.82, 2.24) is 20.3 Å². The number of hydrogen-bond acceptors (Lipinski definition) is 6. The molecule has 1 amide bonds. The summed E-state index contributed by atoms with van der Waals surface area (Å²) in [6, 6.07) is 15.2. The summed E-state index contributed by atoms with van der Waals surface area (Å²) in [6.07, 6.45) is 2.36.